The highest BCUT2D eigenvalue weighted by molar-refractivity contribution is 7.10. The van der Waals surface area contributed by atoms with Gasteiger partial charge in [0.15, 0.2) is 0 Å². The van der Waals surface area contributed by atoms with Crippen LogP contribution >= 0.6 is 11.3 Å². The predicted molar refractivity (Wildman–Crippen MR) is 80.5 cm³/mol. The molecule has 2 heterocycles. The van der Waals surface area contributed by atoms with Gasteiger partial charge in [-0.1, -0.05) is 43.3 Å². The third-order valence-corrected chi connectivity index (χ3v) is 4.21. The SMILES string of the molecule is CCc1ccccc1.O=C1CC(c2cccs2)CN1. The smallest absolute Gasteiger partial charge is 0.220 e. The van der Waals surface area contributed by atoms with Crippen molar-refractivity contribution >= 4 is 17.2 Å². The number of carbonyl (C=O) groups excluding carboxylic acids is 1. The highest BCUT2D eigenvalue weighted by atomic mass is 32.1. The number of rotatable bonds is 2. The quantitative estimate of drug-likeness (QED) is 0.890. The Labute approximate surface area is 118 Å². The first kappa shape index (κ1) is 13.8. The molecule has 0 aliphatic carbocycles. The van der Waals surface area contributed by atoms with Gasteiger partial charge in [-0.25, -0.2) is 0 Å². The molecule has 0 bridgehead atoms. The van der Waals surface area contributed by atoms with Gasteiger partial charge in [0.2, 0.25) is 5.91 Å². The Morgan fingerprint density at radius 1 is 1.21 bits per heavy atom. The van der Waals surface area contributed by atoms with E-state index in [0.29, 0.717) is 12.3 Å². The van der Waals surface area contributed by atoms with Gasteiger partial charge >= 0.3 is 0 Å². The van der Waals surface area contributed by atoms with Crippen LogP contribution < -0.4 is 5.32 Å². The van der Waals surface area contributed by atoms with Crippen molar-refractivity contribution in [3.63, 3.8) is 0 Å². The van der Waals surface area contributed by atoms with Crippen LogP contribution in [-0.2, 0) is 11.2 Å². The van der Waals surface area contributed by atoms with Gasteiger partial charge < -0.3 is 5.32 Å². The van der Waals surface area contributed by atoms with Crippen LogP contribution in [0.25, 0.3) is 0 Å². The van der Waals surface area contributed by atoms with Crippen LogP contribution in [0.3, 0.4) is 0 Å². The number of benzene rings is 1. The summed E-state index contributed by atoms with van der Waals surface area (Å²) >= 11 is 1.73. The van der Waals surface area contributed by atoms with Crippen molar-refractivity contribution in [1.29, 1.82) is 0 Å². The van der Waals surface area contributed by atoms with E-state index < -0.39 is 0 Å². The van der Waals surface area contributed by atoms with Gasteiger partial charge in [-0.05, 0) is 23.4 Å². The normalized spacial score (nSPS) is 17.5. The molecule has 0 spiro atoms. The van der Waals surface area contributed by atoms with Crippen LogP contribution in [0.15, 0.2) is 47.8 Å². The van der Waals surface area contributed by atoms with Crippen LogP contribution in [0, 0.1) is 0 Å². The number of carbonyl (C=O) groups is 1. The minimum atomic E-state index is 0.184. The molecule has 1 aliphatic rings. The van der Waals surface area contributed by atoms with Gasteiger partial charge in [-0.15, -0.1) is 11.3 Å². The number of thiophene rings is 1. The second-order valence-electron chi connectivity index (χ2n) is 4.56. The topological polar surface area (TPSA) is 29.1 Å². The first-order chi connectivity index (χ1) is 9.29. The van der Waals surface area contributed by atoms with Crippen LogP contribution in [0.1, 0.15) is 29.7 Å². The summed E-state index contributed by atoms with van der Waals surface area (Å²) in [6, 6.07) is 14.6. The third kappa shape index (κ3) is 4.21. The van der Waals surface area contributed by atoms with Crippen LogP contribution in [-0.4, -0.2) is 12.5 Å². The summed E-state index contributed by atoms with van der Waals surface area (Å²) in [4.78, 5) is 12.2. The maximum Gasteiger partial charge on any atom is 0.220 e. The molecule has 1 unspecified atom stereocenters. The lowest BCUT2D eigenvalue weighted by Gasteiger charge is -2.00. The van der Waals surface area contributed by atoms with Crippen LogP contribution in [0.5, 0.6) is 0 Å². The molecule has 1 N–H and O–H groups in total. The van der Waals surface area contributed by atoms with E-state index in [0.717, 1.165) is 13.0 Å². The zero-order chi connectivity index (χ0) is 13.5. The van der Waals surface area contributed by atoms with Gasteiger partial charge in [-0.3, -0.25) is 4.79 Å². The molecule has 3 heteroatoms. The molecular weight excluding hydrogens is 254 g/mol. The van der Waals surface area contributed by atoms with Crippen molar-refractivity contribution in [3.05, 3.63) is 58.3 Å². The van der Waals surface area contributed by atoms with E-state index in [-0.39, 0.29) is 5.91 Å². The van der Waals surface area contributed by atoms with Crippen molar-refractivity contribution in [1.82, 2.24) is 5.32 Å². The molecule has 1 atom stereocenters. The summed E-state index contributed by atoms with van der Waals surface area (Å²) in [6.07, 6.45) is 1.81. The number of nitrogens with one attached hydrogen (secondary N) is 1. The highest BCUT2D eigenvalue weighted by Gasteiger charge is 2.23. The zero-order valence-corrected chi connectivity index (χ0v) is 12.0. The number of aryl methyl sites for hydroxylation is 1. The summed E-state index contributed by atoms with van der Waals surface area (Å²) in [5.41, 5.74) is 1.41. The average Bonchev–Trinajstić information content (AvgIpc) is 3.11. The molecule has 2 aromatic rings. The molecule has 0 saturated carbocycles. The highest BCUT2D eigenvalue weighted by Crippen LogP contribution is 2.26. The fourth-order valence-electron chi connectivity index (χ4n) is 2.04. The van der Waals surface area contributed by atoms with Gasteiger partial charge in [0, 0.05) is 23.8 Å². The van der Waals surface area contributed by atoms with Crippen LogP contribution in [0.4, 0.5) is 0 Å². The summed E-state index contributed by atoms with van der Waals surface area (Å²) in [5.74, 6) is 0.617. The molecule has 1 aliphatic heterocycles. The van der Waals surface area contributed by atoms with Crippen molar-refractivity contribution < 1.29 is 4.79 Å². The standard InChI is InChI=1S/C8H9NOS.C8H10/c10-8-4-6(5-9-8)7-2-1-3-11-7;1-2-8-6-4-3-5-7-8/h1-3,6H,4-5H2,(H,9,10);3-7H,2H2,1H3. The van der Waals surface area contributed by atoms with E-state index in [1.165, 1.54) is 10.4 Å². The third-order valence-electron chi connectivity index (χ3n) is 3.17. The Kier molecular flexibility index (Phi) is 5.16. The van der Waals surface area contributed by atoms with Crippen molar-refractivity contribution in [2.24, 2.45) is 0 Å². The Morgan fingerprint density at radius 3 is 2.47 bits per heavy atom. The molecule has 0 radical (unpaired) electrons. The lowest BCUT2D eigenvalue weighted by atomic mass is 10.1. The second kappa shape index (κ2) is 7.10. The molecule has 3 rings (SSSR count). The van der Waals surface area contributed by atoms with E-state index in [4.69, 9.17) is 0 Å². The summed E-state index contributed by atoms with van der Waals surface area (Å²) in [7, 11) is 0. The fourth-order valence-corrected chi connectivity index (χ4v) is 2.87. The fraction of sp³-hybridized carbons (Fsp3) is 0.312. The van der Waals surface area contributed by atoms with Gasteiger partial charge in [-0.2, -0.15) is 0 Å². The summed E-state index contributed by atoms with van der Waals surface area (Å²) in [5, 5.41) is 4.88. The molecule has 100 valence electrons. The first-order valence-corrected chi connectivity index (χ1v) is 7.51. The Hall–Kier alpha value is -1.61. The minimum Gasteiger partial charge on any atom is -0.355 e. The molecule has 19 heavy (non-hydrogen) atoms. The number of hydrogen-bond acceptors (Lipinski definition) is 2. The van der Waals surface area contributed by atoms with Gasteiger partial charge in [0.1, 0.15) is 0 Å². The van der Waals surface area contributed by atoms with E-state index in [1.807, 2.05) is 12.1 Å². The molecule has 1 aromatic carbocycles. The van der Waals surface area contributed by atoms with E-state index in [9.17, 15) is 4.79 Å². The van der Waals surface area contributed by atoms with Crippen molar-refractivity contribution in [2.45, 2.75) is 25.7 Å². The molecule has 2 nitrogen and oxygen atoms in total. The molecule has 1 fully saturated rings. The van der Waals surface area contributed by atoms with Crippen molar-refractivity contribution in [2.75, 3.05) is 6.54 Å². The molecule has 1 aromatic heterocycles. The Morgan fingerprint density at radius 2 is 2.00 bits per heavy atom. The summed E-state index contributed by atoms with van der Waals surface area (Å²) in [6.45, 7) is 2.98. The van der Waals surface area contributed by atoms with Gasteiger partial charge in [0.25, 0.3) is 0 Å². The lowest BCUT2D eigenvalue weighted by molar-refractivity contribution is -0.119. The first-order valence-electron chi connectivity index (χ1n) is 6.63. The predicted octanol–water partition coefficient (Wildman–Crippen LogP) is 3.60. The second-order valence-corrected chi connectivity index (χ2v) is 5.54. The van der Waals surface area contributed by atoms with E-state index in [1.54, 1.807) is 11.3 Å². The monoisotopic (exact) mass is 273 g/mol. The molecular formula is C16H19NOS. The maximum atomic E-state index is 10.8. The Balaban J connectivity index is 0.000000148. The summed E-state index contributed by atoms with van der Waals surface area (Å²) < 4.78 is 0. The van der Waals surface area contributed by atoms with E-state index in [2.05, 4.69) is 48.0 Å². The van der Waals surface area contributed by atoms with Gasteiger partial charge in [0.05, 0.1) is 0 Å². The maximum absolute atomic E-state index is 10.8. The van der Waals surface area contributed by atoms with Crippen molar-refractivity contribution in [3.8, 4) is 0 Å². The van der Waals surface area contributed by atoms with Crippen LogP contribution in [0.2, 0.25) is 0 Å². The lowest BCUT2D eigenvalue weighted by Crippen LogP contribution is -2.13. The largest absolute Gasteiger partial charge is 0.355 e. The minimum absolute atomic E-state index is 0.184. The molecule has 1 amide bonds. The number of amides is 1. The molecule has 1 saturated heterocycles. The van der Waals surface area contributed by atoms with E-state index >= 15 is 0 Å². The number of hydrogen-bond donors (Lipinski definition) is 1. The zero-order valence-electron chi connectivity index (χ0n) is 11.1. The Bertz CT molecular complexity index is 493. The average molecular weight is 273 g/mol.